The molecule has 0 aromatic carbocycles. The van der Waals surface area contributed by atoms with Crippen LogP contribution in [0.1, 0.15) is 44.9 Å². The average Bonchev–Trinajstić information content (AvgIpc) is 2.43. The molecule has 0 atom stereocenters. The lowest BCUT2D eigenvalue weighted by molar-refractivity contribution is -0.140. The largest absolute Gasteiger partial charge is 0.469 e. The number of likely N-dealkylation sites (tertiary alicyclic amines) is 1. The van der Waals surface area contributed by atoms with Gasteiger partial charge in [0.15, 0.2) is 5.96 Å². The summed E-state index contributed by atoms with van der Waals surface area (Å²) in [6.45, 7) is 2.83. The molecule has 5 heteroatoms. The van der Waals surface area contributed by atoms with Crippen LogP contribution < -0.4 is 5.73 Å². The number of carbonyl (C=O) groups is 1. The normalized spacial score (nSPS) is 16.7. The molecule has 2 N–H and O–H groups in total. The summed E-state index contributed by atoms with van der Waals surface area (Å²) in [4.78, 5) is 17.4. The van der Waals surface area contributed by atoms with Gasteiger partial charge in [-0.3, -0.25) is 9.79 Å². The molecule has 0 aliphatic carbocycles. The van der Waals surface area contributed by atoms with Crippen LogP contribution in [-0.2, 0) is 9.53 Å². The van der Waals surface area contributed by atoms with Gasteiger partial charge in [-0.15, -0.1) is 0 Å². The molecule has 0 unspecified atom stereocenters. The molecule has 1 saturated heterocycles. The molecule has 104 valence electrons. The number of piperidine rings is 1. The fourth-order valence-corrected chi connectivity index (χ4v) is 2.08. The van der Waals surface area contributed by atoms with Crippen molar-refractivity contribution in [3.63, 3.8) is 0 Å². The van der Waals surface area contributed by atoms with Crippen molar-refractivity contribution in [2.24, 2.45) is 10.7 Å². The Bertz CT molecular complexity index is 273. The van der Waals surface area contributed by atoms with E-state index < -0.39 is 0 Å². The predicted molar refractivity (Wildman–Crippen MR) is 72.4 cm³/mol. The molecule has 1 aliphatic rings. The lowest BCUT2D eigenvalue weighted by atomic mass is 10.1. The summed E-state index contributed by atoms with van der Waals surface area (Å²) in [5, 5.41) is 0. The third-order valence-electron chi connectivity index (χ3n) is 3.22. The van der Waals surface area contributed by atoms with Gasteiger partial charge in [-0.05, 0) is 32.1 Å². The molecule has 1 heterocycles. The molecule has 0 spiro atoms. The zero-order chi connectivity index (χ0) is 13.2. The number of unbranched alkanes of at least 4 members (excludes halogenated alkanes) is 2. The summed E-state index contributed by atoms with van der Waals surface area (Å²) in [5.41, 5.74) is 5.93. The Morgan fingerprint density at radius 3 is 2.61 bits per heavy atom. The van der Waals surface area contributed by atoms with E-state index in [1.54, 1.807) is 0 Å². The van der Waals surface area contributed by atoms with Crippen molar-refractivity contribution in [1.29, 1.82) is 0 Å². The number of rotatable bonds is 6. The monoisotopic (exact) mass is 255 g/mol. The highest BCUT2D eigenvalue weighted by Crippen LogP contribution is 2.08. The Morgan fingerprint density at radius 2 is 1.94 bits per heavy atom. The maximum Gasteiger partial charge on any atom is 0.305 e. The highest BCUT2D eigenvalue weighted by atomic mass is 16.5. The van der Waals surface area contributed by atoms with Gasteiger partial charge in [0.2, 0.25) is 0 Å². The number of hydrogen-bond donors (Lipinski definition) is 1. The molecule has 1 rings (SSSR count). The average molecular weight is 255 g/mol. The van der Waals surface area contributed by atoms with Crippen LogP contribution in [0, 0.1) is 0 Å². The summed E-state index contributed by atoms with van der Waals surface area (Å²) in [5.74, 6) is 0.550. The summed E-state index contributed by atoms with van der Waals surface area (Å²) in [7, 11) is 1.42. The van der Waals surface area contributed by atoms with Crippen LogP contribution in [0.4, 0.5) is 0 Å². The molecule has 18 heavy (non-hydrogen) atoms. The van der Waals surface area contributed by atoms with Gasteiger partial charge in [0.05, 0.1) is 7.11 Å². The third-order valence-corrected chi connectivity index (χ3v) is 3.22. The molecule has 0 aromatic rings. The smallest absolute Gasteiger partial charge is 0.305 e. The van der Waals surface area contributed by atoms with Gasteiger partial charge >= 0.3 is 5.97 Å². The first-order valence-corrected chi connectivity index (χ1v) is 6.85. The first kappa shape index (κ1) is 14.8. The molecule has 0 amide bonds. The number of nitrogens with two attached hydrogens (primary N) is 1. The zero-order valence-electron chi connectivity index (χ0n) is 11.4. The highest BCUT2D eigenvalue weighted by Gasteiger charge is 2.11. The highest BCUT2D eigenvalue weighted by molar-refractivity contribution is 5.78. The molecule has 0 radical (unpaired) electrons. The number of methoxy groups -OCH3 is 1. The second kappa shape index (κ2) is 8.78. The van der Waals surface area contributed by atoms with Gasteiger partial charge in [0.1, 0.15) is 0 Å². The van der Waals surface area contributed by atoms with Crippen LogP contribution in [0.2, 0.25) is 0 Å². The van der Waals surface area contributed by atoms with Crippen molar-refractivity contribution in [2.75, 3.05) is 26.7 Å². The van der Waals surface area contributed by atoms with Crippen LogP contribution in [0.25, 0.3) is 0 Å². The SMILES string of the molecule is COC(=O)CCCCCN=C(N)N1CCCCC1. The van der Waals surface area contributed by atoms with Crippen molar-refractivity contribution in [2.45, 2.75) is 44.9 Å². The van der Waals surface area contributed by atoms with Gasteiger partial charge in [0.25, 0.3) is 0 Å². The van der Waals surface area contributed by atoms with Gasteiger partial charge in [-0.25, -0.2) is 0 Å². The van der Waals surface area contributed by atoms with Crippen LogP contribution in [-0.4, -0.2) is 43.6 Å². The van der Waals surface area contributed by atoms with Crippen LogP contribution in [0.3, 0.4) is 0 Å². The summed E-state index contributed by atoms with van der Waals surface area (Å²) in [6.07, 6.45) is 7.08. The van der Waals surface area contributed by atoms with Crippen LogP contribution >= 0.6 is 0 Å². The van der Waals surface area contributed by atoms with Gasteiger partial charge in [-0.1, -0.05) is 6.42 Å². The number of ether oxygens (including phenoxy) is 1. The molecule has 5 nitrogen and oxygen atoms in total. The maximum atomic E-state index is 10.9. The zero-order valence-corrected chi connectivity index (χ0v) is 11.4. The fraction of sp³-hybridized carbons (Fsp3) is 0.846. The van der Waals surface area contributed by atoms with E-state index in [0.29, 0.717) is 12.4 Å². The van der Waals surface area contributed by atoms with Crippen molar-refractivity contribution in [3.05, 3.63) is 0 Å². The van der Waals surface area contributed by atoms with E-state index in [2.05, 4.69) is 14.6 Å². The van der Waals surface area contributed by atoms with Gasteiger partial charge < -0.3 is 15.4 Å². The van der Waals surface area contributed by atoms with E-state index in [-0.39, 0.29) is 5.97 Å². The molecular formula is C13H25N3O2. The van der Waals surface area contributed by atoms with Crippen LogP contribution in [0.5, 0.6) is 0 Å². The van der Waals surface area contributed by atoms with Crippen molar-refractivity contribution in [1.82, 2.24) is 4.90 Å². The second-order valence-corrected chi connectivity index (χ2v) is 4.67. The van der Waals surface area contributed by atoms with E-state index in [4.69, 9.17) is 5.73 Å². The predicted octanol–water partition coefficient (Wildman–Crippen LogP) is 1.52. The third kappa shape index (κ3) is 5.89. The van der Waals surface area contributed by atoms with Gasteiger partial charge in [0, 0.05) is 26.1 Å². The first-order chi connectivity index (χ1) is 8.74. The van der Waals surface area contributed by atoms with Gasteiger partial charge in [-0.2, -0.15) is 0 Å². The van der Waals surface area contributed by atoms with Crippen molar-refractivity contribution >= 4 is 11.9 Å². The van der Waals surface area contributed by atoms with E-state index in [9.17, 15) is 4.79 Å². The lowest BCUT2D eigenvalue weighted by Gasteiger charge is -2.27. The number of carbonyl (C=O) groups excluding carboxylic acids is 1. The molecule has 1 fully saturated rings. The number of guanidine groups is 1. The minimum absolute atomic E-state index is 0.133. The molecule has 0 bridgehead atoms. The summed E-state index contributed by atoms with van der Waals surface area (Å²) < 4.78 is 4.58. The number of hydrogen-bond acceptors (Lipinski definition) is 3. The lowest BCUT2D eigenvalue weighted by Crippen LogP contribution is -2.40. The summed E-state index contributed by atoms with van der Waals surface area (Å²) in [6, 6.07) is 0. The Balaban J connectivity index is 2.06. The van der Waals surface area contributed by atoms with Crippen molar-refractivity contribution < 1.29 is 9.53 Å². The minimum atomic E-state index is -0.133. The van der Waals surface area contributed by atoms with Crippen LogP contribution in [0.15, 0.2) is 4.99 Å². The Labute approximate surface area is 109 Å². The fourth-order valence-electron chi connectivity index (χ4n) is 2.08. The molecule has 0 saturated carbocycles. The number of esters is 1. The minimum Gasteiger partial charge on any atom is -0.469 e. The quantitative estimate of drug-likeness (QED) is 0.338. The van der Waals surface area contributed by atoms with E-state index in [1.165, 1.54) is 26.4 Å². The first-order valence-electron chi connectivity index (χ1n) is 6.85. The Morgan fingerprint density at radius 1 is 1.22 bits per heavy atom. The number of nitrogens with zero attached hydrogens (tertiary/aromatic N) is 2. The Hall–Kier alpha value is -1.26. The Kier molecular flexibility index (Phi) is 7.22. The maximum absolute atomic E-state index is 10.9. The second-order valence-electron chi connectivity index (χ2n) is 4.67. The number of aliphatic imine (C=N–C) groups is 1. The molecular weight excluding hydrogens is 230 g/mol. The van der Waals surface area contributed by atoms with E-state index in [1.807, 2.05) is 0 Å². The van der Waals surface area contributed by atoms with E-state index in [0.717, 1.165) is 38.9 Å². The molecule has 0 aromatic heterocycles. The van der Waals surface area contributed by atoms with E-state index >= 15 is 0 Å². The molecule has 1 aliphatic heterocycles. The van der Waals surface area contributed by atoms with Crippen molar-refractivity contribution in [3.8, 4) is 0 Å². The topological polar surface area (TPSA) is 67.9 Å². The summed E-state index contributed by atoms with van der Waals surface area (Å²) >= 11 is 0. The standard InChI is InChI=1S/C13H25N3O2/c1-18-12(17)8-4-2-5-9-15-13(14)16-10-6-3-7-11-16/h2-11H2,1H3,(H2,14,15).